The van der Waals surface area contributed by atoms with Crippen molar-refractivity contribution in [3.05, 3.63) is 35.4 Å². The molecule has 0 unspecified atom stereocenters. The first-order chi connectivity index (χ1) is 9.61. The van der Waals surface area contributed by atoms with Crippen molar-refractivity contribution >= 4 is 5.97 Å². The highest BCUT2D eigenvalue weighted by Crippen LogP contribution is 2.39. The SMILES string of the molecule is CCC(CC)(CNCc1ccc(C2CC2)cc1)C(=O)O. The van der Waals surface area contributed by atoms with Crippen LogP contribution in [0.4, 0.5) is 0 Å². The van der Waals surface area contributed by atoms with Gasteiger partial charge in [-0.3, -0.25) is 4.79 Å². The van der Waals surface area contributed by atoms with Crippen LogP contribution in [0.2, 0.25) is 0 Å². The maximum Gasteiger partial charge on any atom is 0.310 e. The summed E-state index contributed by atoms with van der Waals surface area (Å²) in [4.78, 5) is 11.4. The molecule has 1 aliphatic carbocycles. The molecule has 0 heterocycles. The number of carboxylic acids is 1. The summed E-state index contributed by atoms with van der Waals surface area (Å²) in [6, 6.07) is 8.72. The van der Waals surface area contributed by atoms with E-state index in [1.807, 2.05) is 13.8 Å². The fraction of sp³-hybridized carbons (Fsp3) is 0.588. The molecule has 3 heteroatoms. The lowest BCUT2D eigenvalue weighted by atomic mass is 9.82. The first-order valence-electron chi connectivity index (χ1n) is 7.64. The van der Waals surface area contributed by atoms with Gasteiger partial charge in [-0.15, -0.1) is 0 Å². The lowest BCUT2D eigenvalue weighted by Gasteiger charge is -2.27. The standard InChI is InChI=1S/C17H25NO2/c1-3-17(4-2,16(19)20)12-18-11-13-5-7-14(8-6-13)15-9-10-15/h5-8,15,18H,3-4,9-12H2,1-2H3,(H,19,20). The Labute approximate surface area is 121 Å². The largest absolute Gasteiger partial charge is 0.481 e. The second-order valence-electron chi connectivity index (χ2n) is 5.91. The Morgan fingerprint density at radius 3 is 2.30 bits per heavy atom. The van der Waals surface area contributed by atoms with Crippen LogP contribution in [0.1, 0.15) is 56.6 Å². The van der Waals surface area contributed by atoms with E-state index in [0.717, 1.165) is 12.5 Å². The van der Waals surface area contributed by atoms with Crippen LogP contribution in [0.25, 0.3) is 0 Å². The van der Waals surface area contributed by atoms with E-state index in [-0.39, 0.29) is 0 Å². The van der Waals surface area contributed by atoms with Crippen molar-refractivity contribution in [2.75, 3.05) is 6.54 Å². The average molecular weight is 275 g/mol. The van der Waals surface area contributed by atoms with E-state index in [9.17, 15) is 9.90 Å². The third-order valence-corrected chi connectivity index (χ3v) is 4.63. The van der Waals surface area contributed by atoms with E-state index in [1.54, 1.807) is 0 Å². The summed E-state index contributed by atoms with van der Waals surface area (Å²) in [6.07, 6.45) is 3.97. The molecular formula is C17H25NO2. The van der Waals surface area contributed by atoms with Crippen molar-refractivity contribution in [1.29, 1.82) is 0 Å². The third kappa shape index (κ3) is 3.40. The number of carbonyl (C=O) groups is 1. The number of aliphatic carboxylic acids is 1. The second-order valence-corrected chi connectivity index (χ2v) is 5.91. The van der Waals surface area contributed by atoms with Gasteiger partial charge >= 0.3 is 5.97 Å². The van der Waals surface area contributed by atoms with Gasteiger partial charge in [-0.05, 0) is 42.7 Å². The molecule has 0 aromatic heterocycles. The van der Waals surface area contributed by atoms with Crippen LogP contribution >= 0.6 is 0 Å². The van der Waals surface area contributed by atoms with Gasteiger partial charge in [0.15, 0.2) is 0 Å². The fourth-order valence-corrected chi connectivity index (χ4v) is 2.65. The monoisotopic (exact) mass is 275 g/mol. The zero-order valence-electron chi connectivity index (χ0n) is 12.5. The van der Waals surface area contributed by atoms with Gasteiger partial charge in [0.1, 0.15) is 0 Å². The fourth-order valence-electron chi connectivity index (χ4n) is 2.65. The smallest absolute Gasteiger partial charge is 0.310 e. The van der Waals surface area contributed by atoms with Crippen molar-refractivity contribution in [3.8, 4) is 0 Å². The number of rotatable bonds is 8. The minimum atomic E-state index is -0.695. The lowest BCUT2D eigenvalue weighted by Crippen LogP contribution is -2.39. The highest BCUT2D eigenvalue weighted by molar-refractivity contribution is 5.74. The Morgan fingerprint density at radius 1 is 1.25 bits per heavy atom. The number of carboxylic acid groups (broad SMARTS) is 1. The maximum atomic E-state index is 11.4. The van der Waals surface area contributed by atoms with E-state index < -0.39 is 11.4 Å². The summed E-state index contributed by atoms with van der Waals surface area (Å²) in [7, 11) is 0. The molecule has 0 atom stereocenters. The molecule has 1 aromatic rings. The quantitative estimate of drug-likeness (QED) is 0.763. The summed E-state index contributed by atoms with van der Waals surface area (Å²) in [5.74, 6) is 0.0935. The van der Waals surface area contributed by atoms with Crippen molar-refractivity contribution in [3.63, 3.8) is 0 Å². The molecule has 0 aliphatic heterocycles. The van der Waals surface area contributed by atoms with Crippen LogP contribution in [0.3, 0.4) is 0 Å². The Bertz CT molecular complexity index is 445. The first kappa shape index (κ1) is 15.0. The summed E-state index contributed by atoms with van der Waals surface area (Å²) in [6.45, 7) is 5.16. The molecule has 2 N–H and O–H groups in total. The Morgan fingerprint density at radius 2 is 1.85 bits per heavy atom. The number of hydrogen-bond acceptors (Lipinski definition) is 2. The zero-order chi connectivity index (χ0) is 14.6. The summed E-state index contributed by atoms with van der Waals surface area (Å²) >= 11 is 0. The molecule has 2 rings (SSSR count). The van der Waals surface area contributed by atoms with Gasteiger partial charge in [-0.25, -0.2) is 0 Å². The van der Waals surface area contributed by atoms with Gasteiger partial charge in [-0.1, -0.05) is 38.1 Å². The Hall–Kier alpha value is -1.35. The van der Waals surface area contributed by atoms with Crippen molar-refractivity contribution in [2.24, 2.45) is 5.41 Å². The molecule has 0 saturated heterocycles. The molecule has 1 aromatic carbocycles. The van der Waals surface area contributed by atoms with Crippen LogP contribution in [0.5, 0.6) is 0 Å². The molecule has 110 valence electrons. The van der Waals surface area contributed by atoms with Crippen LogP contribution in [0.15, 0.2) is 24.3 Å². The summed E-state index contributed by atoms with van der Waals surface area (Å²) < 4.78 is 0. The third-order valence-electron chi connectivity index (χ3n) is 4.63. The normalized spacial score (nSPS) is 15.3. The predicted molar refractivity (Wildman–Crippen MR) is 80.8 cm³/mol. The maximum absolute atomic E-state index is 11.4. The number of hydrogen-bond donors (Lipinski definition) is 2. The molecule has 0 spiro atoms. The van der Waals surface area contributed by atoms with Gasteiger partial charge in [0.05, 0.1) is 5.41 Å². The Kier molecular flexibility index (Phi) is 4.81. The molecule has 1 saturated carbocycles. The second kappa shape index (κ2) is 6.40. The highest BCUT2D eigenvalue weighted by atomic mass is 16.4. The molecule has 3 nitrogen and oxygen atoms in total. The molecule has 0 amide bonds. The van der Waals surface area contributed by atoms with E-state index in [4.69, 9.17) is 0 Å². The number of nitrogens with one attached hydrogen (secondary N) is 1. The molecule has 1 fully saturated rings. The summed E-state index contributed by atoms with van der Waals surface area (Å²) in [5.41, 5.74) is 2.03. The van der Waals surface area contributed by atoms with Crippen LogP contribution in [-0.2, 0) is 11.3 Å². The van der Waals surface area contributed by atoms with Gasteiger partial charge in [0.2, 0.25) is 0 Å². The minimum absolute atomic E-state index is 0.527. The van der Waals surface area contributed by atoms with Crippen LogP contribution in [-0.4, -0.2) is 17.6 Å². The minimum Gasteiger partial charge on any atom is -0.481 e. The van der Waals surface area contributed by atoms with Gasteiger partial charge < -0.3 is 10.4 Å². The number of benzene rings is 1. The van der Waals surface area contributed by atoms with E-state index in [0.29, 0.717) is 19.4 Å². The van der Waals surface area contributed by atoms with Gasteiger partial charge in [0, 0.05) is 13.1 Å². The summed E-state index contributed by atoms with van der Waals surface area (Å²) in [5, 5.41) is 12.7. The van der Waals surface area contributed by atoms with E-state index >= 15 is 0 Å². The average Bonchev–Trinajstić information content (AvgIpc) is 3.29. The zero-order valence-corrected chi connectivity index (χ0v) is 12.5. The lowest BCUT2D eigenvalue weighted by molar-refractivity contribution is -0.149. The molecule has 1 aliphatic rings. The van der Waals surface area contributed by atoms with Crippen LogP contribution in [0, 0.1) is 5.41 Å². The van der Waals surface area contributed by atoms with Crippen molar-refractivity contribution in [1.82, 2.24) is 5.32 Å². The van der Waals surface area contributed by atoms with Gasteiger partial charge in [0.25, 0.3) is 0 Å². The molecular weight excluding hydrogens is 250 g/mol. The highest BCUT2D eigenvalue weighted by Gasteiger charge is 2.34. The topological polar surface area (TPSA) is 49.3 Å². The van der Waals surface area contributed by atoms with E-state index in [1.165, 1.54) is 24.0 Å². The van der Waals surface area contributed by atoms with Gasteiger partial charge in [-0.2, -0.15) is 0 Å². The molecule has 20 heavy (non-hydrogen) atoms. The predicted octanol–water partition coefficient (Wildman–Crippen LogP) is 3.54. The first-order valence-corrected chi connectivity index (χ1v) is 7.64. The molecule has 0 radical (unpaired) electrons. The van der Waals surface area contributed by atoms with Crippen molar-refractivity contribution in [2.45, 2.75) is 52.0 Å². The van der Waals surface area contributed by atoms with E-state index in [2.05, 4.69) is 29.6 Å². The Balaban J connectivity index is 1.86. The van der Waals surface area contributed by atoms with Crippen molar-refractivity contribution < 1.29 is 9.90 Å². The van der Waals surface area contributed by atoms with Crippen LogP contribution < -0.4 is 5.32 Å². The molecule has 0 bridgehead atoms.